The predicted molar refractivity (Wildman–Crippen MR) is 105 cm³/mol. The van der Waals surface area contributed by atoms with Crippen molar-refractivity contribution < 1.29 is 4.42 Å². The number of likely N-dealkylation sites (tertiary alicyclic amines) is 1. The monoisotopic (exact) mass is 374 g/mol. The molecular weight excluding hydrogens is 352 g/mol. The standard InChI is InChI=1S/C21H22N6O/c1-15-5-8-18(28-15)14-27-9-3-2-4-20(27)19-12-25-21(13-24-19)26-17-7-6-16(10-22)23-11-17/h5-8,11-13,20H,2-4,9,14H2,1H3,(H,25,26)/t20-/m1/s1. The van der Waals surface area contributed by atoms with Gasteiger partial charge in [-0.1, -0.05) is 6.42 Å². The number of nitrogens with one attached hydrogen (secondary N) is 1. The Bertz CT molecular complexity index is 958. The third-order valence-electron chi connectivity index (χ3n) is 4.93. The summed E-state index contributed by atoms with van der Waals surface area (Å²) in [5.41, 5.74) is 2.14. The average Bonchev–Trinajstić information content (AvgIpc) is 3.14. The fourth-order valence-electron chi connectivity index (χ4n) is 3.54. The number of nitriles is 1. The van der Waals surface area contributed by atoms with Gasteiger partial charge in [0.05, 0.1) is 42.6 Å². The van der Waals surface area contributed by atoms with E-state index in [4.69, 9.17) is 9.68 Å². The highest BCUT2D eigenvalue weighted by molar-refractivity contribution is 5.54. The summed E-state index contributed by atoms with van der Waals surface area (Å²) in [6.07, 6.45) is 8.65. The van der Waals surface area contributed by atoms with Crippen LogP contribution >= 0.6 is 0 Å². The molecule has 0 unspecified atom stereocenters. The van der Waals surface area contributed by atoms with Crippen molar-refractivity contribution in [2.75, 3.05) is 11.9 Å². The van der Waals surface area contributed by atoms with Crippen molar-refractivity contribution in [1.29, 1.82) is 5.26 Å². The Morgan fingerprint density at radius 3 is 2.75 bits per heavy atom. The number of hydrogen-bond acceptors (Lipinski definition) is 7. The Hall–Kier alpha value is -3.24. The van der Waals surface area contributed by atoms with Gasteiger partial charge in [0.15, 0.2) is 0 Å². The smallest absolute Gasteiger partial charge is 0.148 e. The van der Waals surface area contributed by atoms with E-state index in [1.807, 2.05) is 31.3 Å². The van der Waals surface area contributed by atoms with Gasteiger partial charge in [-0.2, -0.15) is 5.26 Å². The van der Waals surface area contributed by atoms with E-state index in [0.29, 0.717) is 11.5 Å². The minimum absolute atomic E-state index is 0.247. The molecule has 7 heteroatoms. The molecule has 0 saturated carbocycles. The highest BCUT2D eigenvalue weighted by Gasteiger charge is 2.26. The zero-order chi connectivity index (χ0) is 19.3. The maximum absolute atomic E-state index is 8.82. The zero-order valence-electron chi connectivity index (χ0n) is 15.8. The van der Waals surface area contributed by atoms with Crippen molar-refractivity contribution in [1.82, 2.24) is 19.9 Å². The van der Waals surface area contributed by atoms with Gasteiger partial charge in [0.2, 0.25) is 0 Å². The van der Waals surface area contributed by atoms with Crippen molar-refractivity contribution in [3.8, 4) is 6.07 Å². The molecule has 1 atom stereocenters. The lowest BCUT2D eigenvalue weighted by Crippen LogP contribution is -2.33. The number of aryl methyl sites for hydroxylation is 1. The normalized spacial score (nSPS) is 17.2. The number of pyridine rings is 1. The van der Waals surface area contributed by atoms with Crippen LogP contribution < -0.4 is 5.32 Å². The molecule has 1 aliphatic rings. The van der Waals surface area contributed by atoms with E-state index in [0.717, 1.165) is 42.4 Å². The summed E-state index contributed by atoms with van der Waals surface area (Å²) in [5, 5.41) is 12.0. The van der Waals surface area contributed by atoms with E-state index in [9.17, 15) is 0 Å². The molecule has 4 rings (SSSR count). The van der Waals surface area contributed by atoms with Gasteiger partial charge >= 0.3 is 0 Å². The van der Waals surface area contributed by atoms with Gasteiger partial charge in [0.25, 0.3) is 0 Å². The topological polar surface area (TPSA) is 90.9 Å². The molecule has 0 amide bonds. The molecule has 0 aromatic carbocycles. The first-order valence-electron chi connectivity index (χ1n) is 9.46. The number of anilines is 2. The highest BCUT2D eigenvalue weighted by atomic mass is 16.3. The van der Waals surface area contributed by atoms with Crippen LogP contribution in [0, 0.1) is 18.3 Å². The summed E-state index contributed by atoms with van der Waals surface area (Å²) < 4.78 is 5.76. The van der Waals surface area contributed by atoms with Crippen LogP contribution in [0.5, 0.6) is 0 Å². The van der Waals surface area contributed by atoms with Gasteiger partial charge in [-0.15, -0.1) is 0 Å². The van der Waals surface area contributed by atoms with Gasteiger partial charge in [-0.3, -0.25) is 9.88 Å². The first-order valence-corrected chi connectivity index (χ1v) is 9.46. The Morgan fingerprint density at radius 1 is 1.14 bits per heavy atom. The minimum atomic E-state index is 0.247. The summed E-state index contributed by atoms with van der Waals surface area (Å²) in [4.78, 5) is 15.6. The lowest BCUT2D eigenvalue weighted by atomic mass is 9.99. The minimum Gasteiger partial charge on any atom is -0.465 e. The number of piperidine rings is 1. The molecule has 0 aliphatic carbocycles. The van der Waals surface area contributed by atoms with Gasteiger partial charge in [-0.25, -0.2) is 9.97 Å². The maximum atomic E-state index is 8.82. The molecule has 0 bridgehead atoms. The largest absolute Gasteiger partial charge is 0.465 e. The van der Waals surface area contributed by atoms with Crippen LogP contribution in [-0.4, -0.2) is 26.4 Å². The fraction of sp³-hybridized carbons (Fsp3) is 0.333. The molecule has 1 aliphatic heterocycles. The third-order valence-corrected chi connectivity index (χ3v) is 4.93. The van der Waals surface area contributed by atoms with E-state index < -0.39 is 0 Å². The van der Waals surface area contributed by atoms with E-state index in [1.165, 1.54) is 12.8 Å². The van der Waals surface area contributed by atoms with Crippen molar-refractivity contribution in [2.24, 2.45) is 0 Å². The Labute approximate surface area is 164 Å². The van der Waals surface area contributed by atoms with Crippen molar-refractivity contribution in [3.63, 3.8) is 0 Å². The molecule has 3 aromatic heterocycles. The van der Waals surface area contributed by atoms with Gasteiger partial charge in [0, 0.05) is 0 Å². The highest BCUT2D eigenvalue weighted by Crippen LogP contribution is 2.31. The number of nitrogens with zero attached hydrogens (tertiary/aromatic N) is 5. The molecule has 142 valence electrons. The Kier molecular flexibility index (Phi) is 5.31. The fourth-order valence-corrected chi connectivity index (χ4v) is 3.54. The second kappa shape index (κ2) is 8.19. The summed E-state index contributed by atoms with van der Waals surface area (Å²) in [6, 6.07) is 9.78. The number of rotatable bonds is 5. The van der Waals surface area contributed by atoms with Crippen molar-refractivity contribution >= 4 is 11.5 Å². The first kappa shape index (κ1) is 18.1. The Balaban J connectivity index is 1.45. The second-order valence-electron chi connectivity index (χ2n) is 6.99. The summed E-state index contributed by atoms with van der Waals surface area (Å²) in [5.74, 6) is 2.58. The molecule has 1 saturated heterocycles. The third kappa shape index (κ3) is 4.18. The van der Waals surface area contributed by atoms with Crippen LogP contribution in [-0.2, 0) is 6.54 Å². The van der Waals surface area contributed by atoms with Crippen LogP contribution in [0.1, 0.15) is 48.2 Å². The number of furan rings is 1. The quantitative estimate of drug-likeness (QED) is 0.718. The first-order chi connectivity index (χ1) is 13.7. The molecule has 1 N–H and O–H groups in total. The predicted octanol–water partition coefficient (Wildman–Crippen LogP) is 4.12. The molecule has 28 heavy (non-hydrogen) atoms. The molecule has 4 heterocycles. The average molecular weight is 374 g/mol. The zero-order valence-corrected chi connectivity index (χ0v) is 15.8. The van der Waals surface area contributed by atoms with Crippen molar-refractivity contribution in [2.45, 2.75) is 38.8 Å². The number of hydrogen-bond donors (Lipinski definition) is 1. The van der Waals surface area contributed by atoms with E-state index in [1.54, 1.807) is 24.5 Å². The van der Waals surface area contributed by atoms with Gasteiger partial charge < -0.3 is 9.73 Å². The molecule has 0 radical (unpaired) electrons. The molecule has 0 spiro atoms. The molecule has 3 aromatic rings. The second-order valence-corrected chi connectivity index (χ2v) is 6.99. The summed E-state index contributed by atoms with van der Waals surface area (Å²) in [6.45, 7) is 3.79. The lowest BCUT2D eigenvalue weighted by molar-refractivity contribution is 0.126. The van der Waals surface area contributed by atoms with Gasteiger partial charge in [0.1, 0.15) is 29.1 Å². The SMILES string of the molecule is Cc1ccc(CN2CCCC[C@@H]2c2cnc(Nc3ccc(C#N)nc3)cn2)o1. The molecule has 7 nitrogen and oxygen atoms in total. The van der Waals surface area contributed by atoms with E-state index in [2.05, 4.69) is 25.2 Å². The van der Waals surface area contributed by atoms with Crippen molar-refractivity contribution in [3.05, 3.63) is 65.8 Å². The van der Waals surface area contributed by atoms with Crippen LogP contribution in [0.2, 0.25) is 0 Å². The van der Waals surface area contributed by atoms with Crippen LogP contribution in [0.4, 0.5) is 11.5 Å². The summed E-state index contributed by atoms with van der Waals surface area (Å²) in [7, 11) is 0. The van der Waals surface area contributed by atoms with E-state index in [-0.39, 0.29) is 6.04 Å². The summed E-state index contributed by atoms with van der Waals surface area (Å²) >= 11 is 0. The van der Waals surface area contributed by atoms with Gasteiger partial charge in [-0.05, 0) is 50.6 Å². The van der Waals surface area contributed by atoms with Crippen LogP contribution in [0.25, 0.3) is 0 Å². The maximum Gasteiger partial charge on any atom is 0.148 e. The molecular formula is C21H22N6O. The lowest BCUT2D eigenvalue weighted by Gasteiger charge is -2.34. The van der Waals surface area contributed by atoms with E-state index >= 15 is 0 Å². The molecule has 1 fully saturated rings. The van der Waals surface area contributed by atoms with Crippen LogP contribution in [0.3, 0.4) is 0 Å². The number of aromatic nitrogens is 3. The Morgan fingerprint density at radius 2 is 2.07 bits per heavy atom. The van der Waals surface area contributed by atoms with Crippen LogP contribution in [0.15, 0.2) is 47.3 Å².